The van der Waals surface area contributed by atoms with Crippen molar-refractivity contribution in [2.24, 2.45) is 0 Å². The monoisotopic (exact) mass is 573 g/mol. The Morgan fingerprint density at radius 3 is 1.09 bits per heavy atom. The summed E-state index contributed by atoms with van der Waals surface area (Å²) >= 11 is 0. The van der Waals surface area contributed by atoms with Crippen LogP contribution in [0.4, 0.5) is 17.1 Å². The van der Waals surface area contributed by atoms with Crippen molar-refractivity contribution in [3.05, 3.63) is 162 Å². The molecule has 0 aliphatic rings. The van der Waals surface area contributed by atoms with Gasteiger partial charge in [0.15, 0.2) is 0 Å². The number of nitrogens with zero attached hydrogens (tertiary/aromatic N) is 5. The number of nitriles is 4. The average molecular weight is 574 g/mol. The number of benzene rings is 6. The van der Waals surface area contributed by atoms with E-state index in [0.29, 0.717) is 22.3 Å². The van der Waals surface area contributed by atoms with Crippen LogP contribution in [0.3, 0.4) is 0 Å². The lowest BCUT2D eigenvalue weighted by atomic mass is 9.99. The lowest BCUT2D eigenvalue weighted by Gasteiger charge is -2.26. The predicted molar refractivity (Wildman–Crippen MR) is 176 cm³/mol. The van der Waals surface area contributed by atoms with E-state index in [9.17, 15) is 21.0 Å². The van der Waals surface area contributed by atoms with Gasteiger partial charge < -0.3 is 4.90 Å². The van der Waals surface area contributed by atoms with Crippen LogP contribution in [-0.2, 0) is 0 Å². The molecule has 6 rings (SSSR count). The first-order valence-corrected chi connectivity index (χ1v) is 14.2. The lowest BCUT2D eigenvalue weighted by Crippen LogP contribution is -2.09. The summed E-state index contributed by atoms with van der Waals surface area (Å²) in [6.45, 7) is 0. The molecule has 0 saturated heterocycles. The lowest BCUT2D eigenvalue weighted by molar-refractivity contribution is 1.28. The summed E-state index contributed by atoms with van der Waals surface area (Å²) in [5.74, 6) is 0. The largest absolute Gasteiger partial charge is 0.311 e. The van der Waals surface area contributed by atoms with Gasteiger partial charge in [0.1, 0.15) is 12.1 Å². The molecule has 0 heterocycles. The number of hydrogen-bond acceptors (Lipinski definition) is 5. The summed E-state index contributed by atoms with van der Waals surface area (Å²) in [6, 6.07) is 53.5. The Kier molecular flexibility index (Phi) is 7.85. The van der Waals surface area contributed by atoms with E-state index in [-0.39, 0.29) is 0 Å². The second-order valence-corrected chi connectivity index (χ2v) is 10.3. The van der Waals surface area contributed by atoms with Crippen LogP contribution >= 0.6 is 0 Å². The van der Waals surface area contributed by atoms with Gasteiger partial charge in [-0.1, -0.05) is 66.7 Å². The molecule has 0 aliphatic heterocycles. The van der Waals surface area contributed by atoms with Gasteiger partial charge >= 0.3 is 0 Å². The number of anilines is 3. The van der Waals surface area contributed by atoms with Gasteiger partial charge in [0.2, 0.25) is 0 Å². The molecule has 45 heavy (non-hydrogen) atoms. The van der Waals surface area contributed by atoms with Crippen LogP contribution in [0.25, 0.3) is 33.4 Å². The SMILES string of the molecule is N#Cc1cccc(-c2ccc(N(c3ccc(-c4cccc(C#N)c4)cc3)c3ccc(-c4ccc(C#N)c(C#N)c4)cc3)cc2)c1. The van der Waals surface area contributed by atoms with Crippen molar-refractivity contribution in [1.82, 2.24) is 0 Å². The minimum absolute atomic E-state index is 0.349. The highest BCUT2D eigenvalue weighted by Gasteiger charge is 2.14. The van der Waals surface area contributed by atoms with Crippen LogP contribution in [0.15, 0.2) is 140 Å². The number of hydrogen-bond donors (Lipinski definition) is 0. The highest BCUT2D eigenvalue weighted by molar-refractivity contribution is 5.81. The molecule has 0 unspecified atom stereocenters. The maximum atomic E-state index is 9.49. The third kappa shape index (κ3) is 5.88. The van der Waals surface area contributed by atoms with Gasteiger partial charge in [-0.15, -0.1) is 0 Å². The minimum atomic E-state index is 0.349. The van der Waals surface area contributed by atoms with Crippen molar-refractivity contribution in [2.45, 2.75) is 0 Å². The normalized spacial score (nSPS) is 10.1. The Labute approximate surface area is 262 Å². The zero-order valence-electron chi connectivity index (χ0n) is 24.0. The van der Waals surface area contributed by atoms with E-state index in [2.05, 4.69) is 77.7 Å². The van der Waals surface area contributed by atoms with Gasteiger partial charge in [-0.2, -0.15) is 21.0 Å². The average Bonchev–Trinajstić information content (AvgIpc) is 3.12. The molecule has 0 fully saturated rings. The van der Waals surface area contributed by atoms with Gasteiger partial charge in [0.25, 0.3) is 0 Å². The van der Waals surface area contributed by atoms with E-state index in [1.807, 2.05) is 66.7 Å². The van der Waals surface area contributed by atoms with Crippen molar-refractivity contribution < 1.29 is 0 Å². The molecule has 0 atom stereocenters. The van der Waals surface area contributed by atoms with Gasteiger partial charge in [0, 0.05) is 17.1 Å². The molecular weight excluding hydrogens is 550 g/mol. The molecule has 0 radical (unpaired) electrons. The first-order valence-electron chi connectivity index (χ1n) is 14.2. The molecule has 0 saturated carbocycles. The summed E-state index contributed by atoms with van der Waals surface area (Å²) in [5.41, 5.74) is 10.5. The molecule has 5 nitrogen and oxygen atoms in total. The second kappa shape index (κ2) is 12.5. The van der Waals surface area contributed by atoms with E-state index >= 15 is 0 Å². The van der Waals surface area contributed by atoms with Crippen LogP contribution in [0.2, 0.25) is 0 Å². The quantitative estimate of drug-likeness (QED) is 0.197. The Hall–Kier alpha value is -6.92. The van der Waals surface area contributed by atoms with Crippen LogP contribution in [0.5, 0.6) is 0 Å². The summed E-state index contributed by atoms with van der Waals surface area (Å²) in [7, 11) is 0. The van der Waals surface area contributed by atoms with Crippen molar-refractivity contribution in [3.8, 4) is 57.7 Å². The van der Waals surface area contributed by atoms with Crippen LogP contribution in [-0.4, -0.2) is 0 Å². The Morgan fingerprint density at radius 2 is 0.711 bits per heavy atom. The molecule has 208 valence electrons. The third-order valence-corrected chi connectivity index (χ3v) is 7.62. The van der Waals surface area contributed by atoms with Gasteiger partial charge in [-0.05, 0) is 106 Å². The fourth-order valence-corrected chi connectivity index (χ4v) is 5.31. The Bertz CT molecular complexity index is 2090. The smallest absolute Gasteiger partial charge is 0.101 e. The predicted octanol–water partition coefficient (Wildman–Crippen LogP) is 9.64. The molecule has 0 N–H and O–H groups in total. The van der Waals surface area contributed by atoms with E-state index in [1.165, 1.54) is 0 Å². The molecule has 0 aliphatic carbocycles. The zero-order valence-corrected chi connectivity index (χ0v) is 24.0. The molecule has 6 aromatic rings. The number of rotatable bonds is 6. The van der Waals surface area contributed by atoms with Crippen molar-refractivity contribution >= 4 is 17.1 Å². The Balaban J connectivity index is 1.39. The summed E-state index contributed by atoms with van der Waals surface area (Å²) in [4.78, 5) is 2.16. The molecule has 0 spiro atoms. The van der Waals surface area contributed by atoms with E-state index in [1.54, 1.807) is 24.3 Å². The highest BCUT2D eigenvalue weighted by Crippen LogP contribution is 2.38. The van der Waals surface area contributed by atoms with E-state index in [0.717, 1.165) is 50.4 Å². The van der Waals surface area contributed by atoms with Gasteiger partial charge in [-0.25, -0.2) is 0 Å². The first kappa shape index (κ1) is 28.2. The van der Waals surface area contributed by atoms with Gasteiger partial charge in [-0.3, -0.25) is 0 Å². The standard InChI is InChI=1S/C40H23N5/c41-24-28-3-1-5-33(21-28)30-9-15-38(16-10-30)45(39-17-11-31(12-18-39)34-6-2-4-29(22-34)25-42)40-19-13-32(14-20-40)35-7-8-36(26-43)37(23-35)27-44/h1-23H. The molecule has 5 heteroatoms. The van der Waals surface area contributed by atoms with Crippen LogP contribution < -0.4 is 4.90 Å². The minimum Gasteiger partial charge on any atom is -0.311 e. The first-order chi connectivity index (χ1) is 22.1. The van der Waals surface area contributed by atoms with E-state index in [4.69, 9.17) is 0 Å². The summed E-state index contributed by atoms with van der Waals surface area (Å²) in [5, 5.41) is 37.5. The van der Waals surface area contributed by atoms with Gasteiger partial charge in [0.05, 0.1) is 34.4 Å². The summed E-state index contributed by atoms with van der Waals surface area (Å²) < 4.78 is 0. The fraction of sp³-hybridized carbons (Fsp3) is 0. The fourth-order valence-electron chi connectivity index (χ4n) is 5.31. The topological polar surface area (TPSA) is 98.4 Å². The molecular formula is C40H23N5. The maximum Gasteiger partial charge on any atom is 0.101 e. The zero-order chi connectivity index (χ0) is 31.2. The van der Waals surface area contributed by atoms with Crippen LogP contribution in [0.1, 0.15) is 22.3 Å². The summed E-state index contributed by atoms with van der Waals surface area (Å²) in [6.07, 6.45) is 0. The molecule has 0 aromatic heterocycles. The molecule has 0 bridgehead atoms. The third-order valence-electron chi connectivity index (χ3n) is 7.62. The van der Waals surface area contributed by atoms with Crippen molar-refractivity contribution in [3.63, 3.8) is 0 Å². The van der Waals surface area contributed by atoms with Crippen molar-refractivity contribution in [1.29, 1.82) is 21.0 Å². The van der Waals surface area contributed by atoms with Crippen LogP contribution in [0, 0.1) is 45.3 Å². The van der Waals surface area contributed by atoms with E-state index < -0.39 is 0 Å². The van der Waals surface area contributed by atoms with Crippen molar-refractivity contribution in [2.75, 3.05) is 4.90 Å². The Morgan fingerprint density at radius 1 is 0.333 bits per heavy atom. The maximum absolute atomic E-state index is 9.49. The second-order valence-electron chi connectivity index (χ2n) is 10.3. The molecule has 0 amide bonds. The molecule has 6 aromatic carbocycles. The highest BCUT2D eigenvalue weighted by atomic mass is 15.1.